The van der Waals surface area contributed by atoms with E-state index in [0.717, 1.165) is 41.2 Å². The number of hydrogen-bond donors (Lipinski definition) is 1. The predicted octanol–water partition coefficient (Wildman–Crippen LogP) is 5.24. The largest absolute Gasteiger partial charge is 0.489 e. The minimum Gasteiger partial charge on any atom is -0.489 e. The van der Waals surface area contributed by atoms with E-state index in [2.05, 4.69) is 11.0 Å². The molecule has 36 heavy (non-hydrogen) atoms. The van der Waals surface area contributed by atoms with Gasteiger partial charge in [-0.15, -0.1) is 0 Å². The molecule has 6 nitrogen and oxygen atoms in total. The van der Waals surface area contributed by atoms with E-state index < -0.39 is 5.97 Å². The van der Waals surface area contributed by atoms with Crippen molar-refractivity contribution in [1.82, 2.24) is 4.90 Å². The van der Waals surface area contributed by atoms with Gasteiger partial charge in [0.2, 0.25) is 5.91 Å². The van der Waals surface area contributed by atoms with E-state index in [9.17, 15) is 14.7 Å². The minimum atomic E-state index is -0.705. The first kappa shape index (κ1) is 25.0. The number of amides is 1. The molecule has 0 unspecified atom stereocenters. The first-order chi connectivity index (χ1) is 17.5. The lowest BCUT2D eigenvalue weighted by Crippen LogP contribution is -2.36. The number of ether oxygens (including phenoxy) is 1. The van der Waals surface area contributed by atoms with Crippen LogP contribution in [-0.4, -0.2) is 42.0 Å². The molecule has 1 saturated heterocycles. The van der Waals surface area contributed by atoms with E-state index in [1.54, 1.807) is 18.0 Å². The number of likely N-dealkylation sites (N-methyl/N-ethyl adjacent to an activating group) is 1. The van der Waals surface area contributed by atoms with Crippen LogP contribution in [-0.2, 0) is 22.7 Å². The lowest BCUT2D eigenvalue weighted by molar-refractivity contribution is -0.142. The summed E-state index contributed by atoms with van der Waals surface area (Å²) in [4.78, 5) is 27.8. The molecule has 1 aliphatic rings. The van der Waals surface area contributed by atoms with Crippen molar-refractivity contribution in [2.24, 2.45) is 5.92 Å². The molecule has 6 heteroatoms. The summed E-state index contributed by atoms with van der Waals surface area (Å²) >= 11 is 0. The van der Waals surface area contributed by atoms with E-state index in [1.807, 2.05) is 78.9 Å². The van der Waals surface area contributed by atoms with E-state index in [1.165, 1.54) is 0 Å². The summed E-state index contributed by atoms with van der Waals surface area (Å²) in [7, 11) is 1.79. The van der Waals surface area contributed by atoms with Crippen LogP contribution in [0.2, 0.25) is 0 Å². The zero-order valence-corrected chi connectivity index (χ0v) is 20.5. The highest BCUT2D eigenvalue weighted by atomic mass is 16.5. The summed E-state index contributed by atoms with van der Waals surface area (Å²) in [6.07, 6.45) is 4.70. The Hall–Kier alpha value is -4.06. The molecule has 0 spiro atoms. The number of carboxylic acid groups (broad SMARTS) is 1. The number of aliphatic carboxylic acids is 1. The van der Waals surface area contributed by atoms with Crippen molar-refractivity contribution in [2.45, 2.75) is 26.0 Å². The first-order valence-electron chi connectivity index (χ1n) is 12.2. The van der Waals surface area contributed by atoms with Gasteiger partial charge < -0.3 is 19.6 Å². The molecule has 1 N–H and O–H groups in total. The van der Waals surface area contributed by atoms with Crippen molar-refractivity contribution >= 4 is 23.6 Å². The summed E-state index contributed by atoms with van der Waals surface area (Å²) in [6, 6.07) is 25.8. The van der Waals surface area contributed by atoms with Crippen LogP contribution in [0.15, 0.2) is 84.9 Å². The fourth-order valence-electron chi connectivity index (χ4n) is 4.30. The van der Waals surface area contributed by atoms with Gasteiger partial charge in [-0.1, -0.05) is 54.6 Å². The SMILES string of the molecule is CN(Cc1cccc(N2CCC(C(=O)O)CC2)c1)C(=O)/C=C/c1ccc(OCc2ccccc2)cc1. The van der Waals surface area contributed by atoms with Crippen LogP contribution < -0.4 is 9.64 Å². The summed E-state index contributed by atoms with van der Waals surface area (Å²) in [5, 5.41) is 9.21. The summed E-state index contributed by atoms with van der Waals surface area (Å²) < 4.78 is 5.82. The smallest absolute Gasteiger partial charge is 0.306 e. The number of hydrogen-bond acceptors (Lipinski definition) is 4. The normalized spacial score (nSPS) is 14.1. The number of benzene rings is 3. The predicted molar refractivity (Wildman–Crippen MR) is 142 cm³/mol. The van der Waals surface area contributed by atoms with Crippen LogP contribution in [0.1, 0.15) is 29.5 Å². The Kier molecular flexibility index (Phi) is 8.40. The maximum atomic E-state index is 12.7. The third-order valence-corrected chi connectivity index (χ3v) is 6.46. The lowest BCUT2D eigenvalue weighted by atomic mass is 9.96. The molecule has 0 aromatic heterocycles. The molecule has 0 aliphatic carbocycles. The average Bonchev–Trinajstić information content (AvgIpc) is 2.92. The average molecular weight is 485 g/mol. The Balaban J connectivity index is 1.28. The van der Waals surface area contributed by atoms with Gasteiger partial charge in [-0.25, -0.2) is 0 Å². The van der Waals surface area contributed by atoms with Gasteiger partial charge >= 0.3 is 5.97 Å². The van der Waals surface area contributed by atoms with Crippen LogP contribution in [0, 0.1) is 5.92 Å². The second-order valence-electron chi connectivity index (χ2n) is 9.14. The quantitative estimate of drug-likeness (QED) is 0.421. The zero-order chi connectivity index (χ0) is 25.3. The molecule has 1 heterocycles. The number of piperidine rings is 1. The molecule has 1 aliphatic heterocycles. The highest BCUT2D eigenvalue weighted by Gasteiger charge is 2.24. The molecule has 0 saturated carbocycles. The number of rotatable bonds is 9. The van der Waals surface area contributed by atoms with Gasteiger partial charge in [0, 0.05) is 38.4 Å². The van der Waals surface area contributed by atoms with Crippen LogP contribution in [0.5, 0.6) is 5.75 Å². The minimum absolute atomic E-state index is 0.0768. The van der Waals surface area contributed by atoms with Gasteiger partial charge in [-0.05, 0) is 59.9 Å². The number of anilines is 1. The Bertz CT molecular complexity index is 1180. The second kappa shape index (κ2) is 12.1. The molecular formula is C30H32N2O4. The molecule has 186 valence electrons. The maximum absolute atomic E-state index is 12.7. The molecule has 3 aromatic rings. The molecule has 0 bridgehead atoms. The number of carbonyl (C=O) groups is 2. The molecule has 4 rings (SSSR count). The van der Waals surface area contributed by atoms with Crippen LogP contribution in [0.25, 0.3) is 6.08 Å². The monoisotopic (exact) mass is 484 g/mol. The Morgan fingerprint density at radius 2 is 1.67 bits per heavy atom. The van der Waals surface area contributed by atoms with Gasteiger partial charge in [-0.2, -0.15) is 0 Å². The van der Waals surface area contributed by atoms with E-state index in [-0.39, 0.29) is 11.8 Å². The van der Waals surface area contributed by atoms with Crippen molar-refractivity contribution in [3.05, 3.63) is 102 Å². The van der Waals surface area contributed by atoms with Crippen LogP contribution in [0.4, 0.5) is 5.69 Å². The second-order valence-corrected chi connectivity index (χ2v) is 9.14. The number of carbonyl (C=O) groups excluding carboxylic acids is 1. The third-order valence-electron chi connectivity index (χ3n) is 6.46. The maximum Gasteiger partial charge on any atom is 0.306 e. The summed E-state index contributed by atoms with van der Waals surface area (Å²) in [5.74, 6) is -0.250. The first-order valence-corrected chi connectivity index (χ1v) is 12.2. The number of carboxylic acids is 1. The van der Waals surface area contributed by atoms with Crippen molar-refractivity contribution in [2.75, 3.05) is 25.0 Å². The molecule has 1 fully saturated rings. The Labute approximate surface area is 212 Å². The zero-order valence-electron chi connectivity index (χ0n) is 20.5. The van der Waals surface area contributed by atoms with Crippen LogP contribution in [0.3, 0.4) is 0 Å². The highest BCUT2D eigenvalue weighted by Crippen LogP contribution is 2.24. The fraction of sp³-hybridized carbons (Fsp3) is 0.267. The van der Waals surface area contributed by atoms with Crippen LogP contribution >= 0.6 is 0 Å². The van der Waals surface area contributed by atoms with Gasteiger partial charge in [0.15, 0.2) is 0 Å². The Morgan fingerprint density at radius 1 is 0.972 bits per heavy atom. The van der Waals surface area contributed by atoms with Crippen molar-refractivity contribution in [1.29, 1.82) is 0 Å². The fourth-order valence-corrected chi connectivity index (χ4v) is 4.30. The van der Waals surface area contributed by atoms with Crippen molar-refractivity contribution < 1.29 is 19.4 Å². The molecule has 0 atom stereocenters. The van der Waals surface area contributed by atoms with Gasteiger partial charge in [0.1, 0.15) is 12.4 Å². The highest BCUT2D eigenvalue weighted by molar-refractivity contribution is 5.91. The third kappa shape index (κ3) is 6.98. The summed E-state index contributed by atoms with van der Waals surface area (Å²) in [5.41, 5.74) is 4.15. The number of nitrogens with zero attached hydrogens (tertiary/aromatic N) is 2. The van der Waals surface area contributed by atoms with E-state index in [4.69, 9.17) is 4.74 Å². The van der Waals surface area contributed by atoms with Gasteiger partial charge in [-0.3, -0.25) is 9.59 Å². The van der Waals surface area contributed by atoms with Crippen molar-refractivity contribution in [3.63, 3.8) is 0 Å². The lowest BCUT2D eigenvalue weighted by Gasteiger charge is -2.32. The Morgan fingerprint density at radius 3 is 2.36 bits per heavy atom. The molecule has 3 aromatic carbocycles. The van der Waals surface area contributed by atoms with E-state index in [0.29, 0.717) is 26.0 Å². The van der Waals surface area contributed by atoms with E-state index >= 15 is 0 Å². The molecule has 0 radical (unpaired) electrons. The summed E-state index contributed by atoms with van der Waals surface area (Å²) in [6.45, 7) is 2.47. The van der Waals surface area contributed by atoms with Gasteiger partial charge in [0.05, 0.1) is 5.92 Å². The topological polar surface area (TPSA) is 70.1 Å². The standard InChI is InChI=1S/C30H32N2O4/c1-31(21-25-8-5-9-27(20-25)32-18-16-26(17-19-32)30(34)35)29(33)15-12-23-10-13-28(14-11-23)36-22-24-6-3-2-4-7-24/h2-15,20,26H,16-19,21-22H2,1H3,(H,34,35)/b15-12+. The molecule has 1 amide bonds. The van der Waals surface area contributed by atoms with Gasteiger partial charge in [0.25, 0.3) is 0 Å². The van der Waals surface area contributed by atoms with Crippen molar-refractivity contribution in [3.8, 4) is 5.75 Å². The molecular weight excluding hydrogens is 452 g/mol.